The molecule has 1 fully saturated rings. The van der Waals surface area contributed by atoms with E-state index >= 15 is 0 Å². The molecule has 114 valence electrons. The lowest BCUT2D eigenvalue weighted by Crippen LogP contribution is -2.53. The zero-order valence-corrected chi connectivity index (χ0v) is 13.1. The molecule has 22 heavy (non-hydrogen) atoms. The maximum atomic E-state index is 12.9. The van der Waals surface area contributed by atoms with Gasteiger partial charge in [-0.15, -0.1) is 11.6 Å². The lowest BCUT2D eigenvalue weighted by molar-refractivity contribution is 0.281. The van der Waals surface area contributed by atoms with Crippen LogP contribution in [0.25, 0.3) is 0 Å². The molecule has 0 amide bonds. The van der Waals surface area contributed by atoms with Crippen LogP contribution in [0.1, 0.15) is 29.2 Å². The Bertz CT molecular complexity index is 755. The fraction of sp³-hybridized carbons (Fsp3) is 0.389. The molecule has 1 aromatic carbocycles. The maximum Gasteiger partial charge on any atom is 0.254 e. The van der Waals surface area contributed by atoms with Crippen molar-refractivity contribution in [3.05, 3.63) is 69.6 Å². The number of hydrogen-bond donors (Lipinski definition) is 1. The van der Waals surface area contributed by atoms with Gasteiger partial charge in [-0.05, 0) is 18.1 Å². The van der Waals surface area contributed by atoms with Crippen LogP contribution in [0.2, 0.25) is 0 Å². The summed E-state index contributed by atoms with van der Waals surface area (Å²) in [6, 6.07) is 14.3. The first kappa shape index (κ1) is 14.0. The van der Waals surface area contributed by atoms with Crippen molar-refractivity contribution in [2.75, 3.05) is 13.1 Å². The Morgan fingerprint density at radius 2 is 2.05 bits per heavy atom. The number of alkyl halides is 1. The zero-order chi connectivity index (χ0) is 15.2. The Kier molecular flexibility index (Phi) is 3.35. The lowest BCUT2D eigenvalue weighted by Gasteiger charge is -2.43. The summed E-state index contributed by atoms with van der Waals surface area (Å²) in [6.45, 7) is 2.29. The number of fused-ring (bicyclic) bond motifs is 4. The van der Waals surface area contributed by atoms with Crippen LogP contribution in [0.15, 0.2) is 47.3 Å². The second kappa shape index (κ2) is 5.25. The highest BCUT2D eigenvalue weighted by Crippen LogP contribution is 2.38. The molecule has 2 aromatic rings. The van der Waals surface area contributed by atoms with Gasteiger partial charge in [-0.25, -0.2) is 0 Å². The summed E-state index contributed by atoms with van der Waals surface area (Å²) < 4.78 is 1.92. The molecule has 0 saturated carbocycles. The molecule has 1 saturated heterocycles. The summed E-state index contributed by atoms with van der Waals surface area (Å²) >= 11 is 6.70. The standard InChI is InChI=1S/C18H19ClN2O/c19-18-9-15(10-20-11-18)16-7-6-14(17(22)21(16)12-18)8-13-4-2-1-3-5-13/h1-7,15,20H,8-12H2/t15-,18-/m1/s1. The van der Waals surface area contributed by atoms with Crippen molar-refractivity contribution in [2.45, 2.75) is 30.2 Å². The minimum absolute atomic E-state index is 0.123. The number of pyridine rings is 1. The van der Waals surface area contributed by atoms with Crippen molar-refractivity contribution in [1.29, 1.82) is 0 Å². The number of nitrogens with one attached hydrogen (secondary N) is 1. The molecule has 2 aliphatic rings. The van der Waals surface area contributed by atoms with Crippen LogP contribution in [0.3, 0.4) is 0 Å². The number of aromatic nitrogens is 1. The molecule has 0 aliphatic carbocycles. The normalized spacial score (nSPS) is 26.5. The van der Waals surface area contributed by atoms with E-state index in [-0.39, 0.29) is 10.4 Å². The number of halogens is 1. The molecule has 3 heterocycles. The van der Waals surface area contributed by atoms with Gasteiger partial charge in [0.2, 0.25) is 0 Å². The van der Waals surface area contributed by atoms with Crippen molar-refractivity contribution in [1.82, 2.24) is 9.88 Å². The number of piperidine rings is 1. The summed E-state index contributed by atoms with van der Waals surface area (Å²) in [4.78, 5) is 12.6. The van der Waals surface area contributed by atoms with Gasteiger partial charge >= 0.3 is 0 Å². The van der Waals surface area contributed by atoms with Crippen LogP contribution in [-0.4, -0.2) is 22.5 Å². The van der Waals surface area contributed by atoms with E-state index in [4.69, 9.17) is 11.6 Å². The first-order valence-electron chi connectivity index (χ1n) is 7.81. The summed E-state index contributed by atoms with van der Waals surface area (Å²) in [5, 5.41) is 3.39. The van der Waals surface area contributed by atoms with Crippen molar-refractivity contribution < 1.29 is 0 Å². The molecular weight excluding hydrogens is 296 g/mol. The number of hydrogen-bond acceptors (Lipinski definition) is 2. The molecule has 4 heteroatoms. The summed E-state index contributed by atoms with van der Waals surface area (Å²) in [6.07, 6.45) is 1.64. The van der Waals surface area contributed by atoms with Gasteiger partial charge in [-0.1, -0.05) is 36.4 Å². The number of rotatable bonds is 2. The lowest BCUT2D eigenvalue weighted by atomic mass is 9.83. The predicted molar refractivity (Wildman–Crippen MR) is 88.8 cm³/mol. The average molecular weight is 315 g/mol. The van der Waals surface area contributed by atoms with Crippen LogP contribution < -0.4 is 10.9 Å². The van der Waals surface area contributed by atoms with Crippen LogP contribution >= 0.6 is 11.6 Å². The maximum absolute atomic E-state index is 12.9. The second-order valence-electron chi connectivity index (χ2n) is 6.52. The Morgan fingerprint density at radius 1 is 1.23 bits per heavy atom. The molecule has 1 aromatic heterocycles. The van der Waals surface area contributed by atoms with E-state index < -0.39 is 0 Å². The van der Waals surface area contributed by atoms with Gasteiger partial charge < -0.3 is 9.88 Å². The smallest absolute Gasteiger partial charge is 0.254 e. The SMILES string of the molecule is O=c1c(Cc2ccccc2)ccc2n1C[C@]1(Cl)CNC[C@H]2C1. The Hall–Kier alpha value is -1.58. The summed E-state index contributed by atoms with van der Waals surface area (Å²) in [5.74, 6) is 0.346. The van der Waals surface area contributed by atoms with E-state index in [1.807, 2.05) is 28.8 Å². The zero-order valence-electron chi connectivity index (χ0n) is 12.4. The topological polar surface area (TPSA) is 34.0 Å². The van der Waals surface area contributed by atoms with Gasteiger partial charge in [0.1, 0.15) is 0 Å². The largest absolute Gasteiger partial charge is 0.314 e. The third kappa shape index (κ3) is 2.38. The van der Waals surface area contributed by atoms with Crippen molar-refractivity contribution >= 4 is 11.6 Å². The van der Waals surface area contributed by atoms with Gasteiger partial charge in [-0.3, -0.25) is 4.79 Å². The van der Waals surface area contributed by atoms with E-state index in [2.05, 4.69) is 23.5 Å². The summed E-state index contributed by atoms with van der Waals surface area (Å²) in [7, 11) is 0. The molecule has 2 bridgehead atoms. The van der Waals surface area contributed by atoms with E-state index in [1.54, 1.807) is 0 Å². The highest BCUT2D eigenvalue weighted by molar-refractivity contribution is 6.24. The van der Waals surface area contributed by atoms with Crippen molar-refractivity contribution in [3.63, 3.8) is 0 Å². The Labute approximate surface area is 134 Å². The van der Waals surface area contributed by atoms with Crippen LogP contribution in [-0.2, 0) is 13.0 Å². The summed E-state index contributed by atoms with van der Waals surface area (Å²) in [5.41, 5.74) is 3.27. The molecular formula is C18H19ClN2O. The number of nitrogens with zero attached hydrogens (tertiary/aromatic N) is 1. The predicted octanol–water partition coefficient (Wildman–Crippen LogP) is 2.51. The molecule has 2 aliphatic heterocycles. The van der Waals surface area contributed by atoms with Gasteiger partial charge in [0.15, 0.2) is 0 Å². The Morgan fingerprint density at radius 3 is 2.86 bits per heavy atom. The minimum Gasteiger partial charge on any atom is -0.314 e. The van der Waals surface area contributed by atoms with Gasteiger partial charge in [0.25, 0.3) is 5.56 Å². The molecule has 0 spiro atoms. The fourth-order valence-electron chi connectivity index (χ4n) is 3.78. The van der Waals surface area contributed by atoms with Gasteiger partial charge in [-0.2, -0.15) is 0 Å². The van der Waals surface area contributed by atoms with Crippen LogP contribution in [0, 0.1) is 0 Å². The van der Waals surface area contributed by atoms with Crippen LogP contribution in [0.5, 0.6) is 0 Å². The third-order valence-corrected chi connectivity index (χ3v) is 5.24. The first-order valence-corrected chi connectivity index (χ1v) is 8.19. The molecule has 3 nitrogen and oxygen atoms in total. The number of benzene rings is 1. The fourth-order valence-corrected chi connectivity index (χ4v) is 4.18. The van der Waals surface area contributed by atoms with E-state index in [1.165, 1.54) is 5.56 Å². The minimum atomic E-state index is -0.314. The molecule has 2 atom stereocenters. The van der Waals surface area contributed by atoms with Gasteiger partial charge in [0, 0.05) is 43.2 Å². The van der Waals surface area contributed by atoms with E-state index in [9.17, 15) is 4.79 Å². The monoisotopic (exact) mass is 314 g/mol. The Balaban J connectivity index is 1.74. The molecule has 1 N–H and O–H groups in total. The average Bonchev–Trinajstić information content (AvgIpc) is 2.51. The molecule has 0 radical (unpaired) electrons. The van der Waals surface area contributed by atoms with E-state index in [0.29, 0.717) is 18.9 Å². The molecule has 0 unspecified atom stereocenters. The van der Waals surface area contributed by atoms with E-state index in [0.717, 1.165) is 30.8 Å². The van der Waals surface area contributed by atoms with Crippen LogP contribution in [0.4, 0.5) is 0 Å². The van der Waals surface area contributed by atoms with Gasteiger partial charge in [0.05, 0.1) is 4.87 Å². The quantitative estimate of drug-likeness (QED) is 0.864. The second-order valence-corrected chi connectivity index (χ2v) is 7.32. The van der Waals surface area contributed by atoms with Crippen molar-refractivity contribution in [3.8, 4) is 0 Å². The highest BCUT2D eigenvalue weighted by atomic mass is 35.5. The third-order valence-electron chi connectivity index (χ3n) is 4.83. The molecule has 4 rings (SSSR count). The van der Waals surface area contributed by atoms with Crippen molar-refractivity contribution in [2.24, 2.45) is 0 Å². The highest BCUT2D eigenvalue weighted by Gasteiger charge is 2.41. The first-order chi connectivity index (χ1) is 10.6.